The van der Waals surface area contributed by atoms with E-state index < -0.39 is 10.0 Å². The van der Waals surface area contributed by atoms with E-state index in [0.29, 0.717) is 11.1 Å². The van der Waals surface area contributed by atoms with Gasteiger partial charge in [-0.05, 0) is 50.9 Å². The van der Waals surface area contributed by atoms with Crippen LogP contribution in [-0.4, -0.2) is 33.5 Å². The molecule has 0 aromatic heterocycles. The summed E-state index contributed by atoms with van der Waals surface area (Å²) in [5.74, 6) is 0.109. The molecule has 2 fully saturated rings. The highest BCUT2D eigenvalue weighted by Crippen LogP contribution is 2.33. The van der Waals surface area contributed by atoms with Gasteiger partial charge in [-0.3, -0.25) is 4.79 Å². The van der Waals surface area contributed by atoms with E-state index in [1.165, 1.54) is 0 Å². The molecule has 1 heterocycles. The van der Waals surface area contributed by atoms with Gasteiger partial charge in [-0.15, -0.1) is 0 Å². The predicted molar refractivity (Wildman–Crippen MR) is 102 cm³/mol. The average Bonchev–Trinajstić information content (AvgIpc) is 3.47. The molecule has 26 heavy (non-hydrogen) atoms. The van der Waals surface area contributed by atoms with Crippen molar-refractivity contribution in [3.63, 3.8) is 0 Å². The van der Waals surface area contributed by atoms with E-state index >= 15 is 0 Å². The Morgan fingerprint density at radius 2 is 1.65 bits per heavy atom. The Morgan fingerprint density at radius 1 is 0.962 bits per heavy atom. The van der Waals surface area contributed by atoms with Crippen LogP contribution in [0.4, 0.5) is 5.69 Å². The third-order valence-electron chi connectivity index (χ3n) is 5.04. The topological polar surface area (TPSA) is 87.3 Å². The lowest BCUT2D eigenvalue weighted by molar-refractivity contribution is -0.117. The van der Waals surface area contributed by atoms with Gasteiger partial charge in [-0.1, -0.05) is 24.3 Å². The van der Waals surface area contributed by atoms with Crippen LogP contribution in [0.3, 0.4) is 0 Å². The number of hydrogen-bond acceptors (Lipinski definition) is 4. The third-order valence-corrected chi connectivity index (χ3v) is 6.62. The zero-order chi connectivity index (χ0) is 18.1. The van der Waals surface area contributed by atoms with Crippen molar-refractivity contribution in [1.29, 1.82) is 0 Å². The summed E-state index contributed by atoms with van der Waals surface area (Å²) in [6.45, 7) is 1.64. The molecule has 138 valence electrons. The molecule has 2 aromatic carbocycles. The predicted octanol–water partition coefficient (Wildman–Crippen LogP) is 2.22. The summed E-state index contributed by atoms with van der Waals surface area (Å²) in [4.78, 5) is 12.4. The number of hydrogen-bond donors (Lipinski definition) is 3. The van der Waals surface area contributed by atoms with Crippen molar-refractivity contribution in [2.75, 3.05) is 18.4 Å². The van der Waals surface area contributed by atoms with Crippen LogP contribution in [-0.2, 0) is 14.8 Å². The van der Waals surface area contributed by atoms with Gasteiger partial charge >= 0.3 is 0 Å². The quantitative estimate of drug-likeness (QED) is 0.750. The fraction of sp³-hybridized carbons (Fsp3) is 0.421. The molecular formula is C19H23N3O3S. The Hall–Kier alpha value is -1.96. The number of piperidine rings is 1. The summed E-state index contributed by atoms with van der Waals surface area (Å²) in [7, 11) is -3.63. The fourth-order valence-corrected chi connectivity index (χ4v) is 4.93. The molecule has 1 aliphatic heterocycles. The number of nitrogens with one attached hydrogen (secondary N) is 3. The Balaban J connectivity index is 1.67. The Bertz CT molecular complexity index is 932. The van der Waals surface area contributed by atoms with Crippen molar-refractivity contribution in [1.82, 2.24) is 10.0 Å². The number of rotatable bonds is 5. The lowest BCUT2D eigenvalue weighted by Gasteiger charge is -2.24. The first-order chi connectivity index (χ1) is 12.5. The molecule has 4 rings (SSSR count). The molecule has 0 bridgehead atoms. The second kappa shape index (κ2) is 6.98. The third kappa shape index (κ3) is 3.60. The molecule has 0 unspecified atom stereocenters. The van der Waals surface area contributed by atoms with Gasteiger partial charge in [0, 0.05) is 28.4 Å². The van der Waals surface area contributed by atoms with E-state index in [1.54, 1.807) is 18.2 Å². The van der Waals surface area contributed by atoms with Gasteiger partial charge in [0.05, 0.1) is 4.90 Å². The minimum atomic E-state index is -3.63. The lowest BCUT2D eigenvalue weighted by Crippen LogP contribution is -2.42. The van der Waals surface area contributed by atoms with Crippen molar-refractivity contribution in [2.45, 2.75) is 36.6 Å². The van der Waals surface area contributed by atoms with E-state index in [9.17, 15) is 13.2 Å². The monoisotopic (exact) mass is 373 g/mol. The smallest absolute Gasteiger partial charge is 0.241 e. The SMILES string of the molecule is O=C(Nc1ccc(S(=O)(=O)NC2CCNCC2)c2ccccc12)C1CC1. The average molecular weight is 373 g/mol. The van der Waals surface area contributed by atoms with Gasteiger partial charge in [0.1, 0.15) is 0 Å². The maximum absolute atomic E-state index is 12.9. The fourth-order valence-electron chi connectivity index (χ4n) is 3.42. The highest BCUT2D eigenvalue weighted by atomic mass is 32.2. The summed E-state index contributed by atoms with van der Waals surface area (Å²) in [6.07, 6.45) is 3.42. The Labute approximate surface area is 153 Å². The van der Waals surface area contributed by atoms with E-state index in [-0.39, 0.29) is 22.8 Å². The van der Waals surface area contributed by atoms with Crippen molar-refractivity contribution in [2.24, 2.45) is 5.92 Å². The molecule has 1 amide bonds. The summed E-state index contributed by atoms with van der Waals surface area (Å²) in [5.41, 5.74) is 0.665. The van der Waals surface area contributed by atoms with Crippen LogP contribution in [0.25, 0.3) is 10.8 Å². The molecule has 3 N–H and O–H groups in total. The summed E-state index contributed by atoms with van der Waals surface area (Å²) in [5, 5.41) is 7.55. The number of anilines is 1. The molecule has 1 saturated heterocycles. The van der Waals surface area contributed by atoms with Crippen molar-refractivity contribution >= 4 is 32.4 Å². The van der Waals surface area contributed by atoms with Crippen molar-refractivity contribution < 1.29 is 13.2 Å². The first-order valence-electron chi connectivity index (χ1n) is 9.10. The molecule has 1 saturated carbocycles. The standard InChI is InChI=1S/C19H23N3O3S/c23-19(13-5-6-13)21-17-7-8-18(16-4-2-1-3-15(16)17)26(24,25)22-14-9-11-20-12-10-14/h1-4,7-8,13-14,20,22H,5-6,9-12H2,(H,21,23). The number of sulfonamides is 1. The lowest BCUT2D eigenvalue weighted by atomic mass is 10.1. The zero-order valence-electron chi connectivity index (χ0n) is 14.5. The molecule has 6 nitrogen and oxygen atoms in total. The maximum Gasteiger partial charge on any atom is 0.241 e. The highest BCUT2D eigenvalue weighted by molar-refractivity contribution is 7.89. The largest absolute Gasteiger partial charge is 0.325 e. The van der Waals surface area contributed by atoms with Gasteiger partial charge < -0.3 is 10.6 Å². The van der Waals surface area contributed by atoms with Crippen molar-refractivity contribution in [3.8, 4) is 0 Å². The van der Waals surface area contributed by atoms with Gasteiger partial charge in [-0.25, -0.2) is 13.1 Å². The molecule has 0 spiro atoms. The summed E-state index contributed by atoms with van der Waals surface area (Å²) in [6, 6.07) is 10.5. The molecule has 1 aliphatic carbocycles. The second-order valence-corrected chi connectivity index (χ2v) is 8.75. The highest BCUT2D eigenvalue weighted by Gasteiger charge is 2.30. The van der Waals surface area contributed by atoms with E-state index in [0.717, 1.165) is 44.2 Å². The van der Waals surface area contributed by atoms with Crippen LogP contribution >= 0.6 is 0 Å². The molecule has 0 radical (unpaired) electrons. The first kappa shape index (κ1) is 17.5. The number of carbonyl (C=O) groups excluding carboxylic acids is 1. The second-order valence-electron chi connectivity index (χ2n) is 7.07. The minimum absolute atomic E-state index is 0.0126. The number of benzene rings is 2. The maximum atomic E-state index is 12.9. The summed E-state index contributed by atoms with van der Waals surface area (Å²) < 4.78 is 28.7. The number of fused-ring (bicyclic) bond motifs is 1. The Morgan fingerprint density at radius 3 is 2.35 bits per heavy atom. The van der Waals surface area contributed by atoms with Crippen LogP contribution < -0.4 is 15.4 Å². The van der Waals surface area contributed by atoms with Crippen LogP contribution in [0.1, 0.15) is 25.7 Å². The summed E-state index contributed by atoms with van der Waals surface area (Å²) >= 11 is 0. The van der Waals surface area contributed by atoms with Gasteiger partial charge in [0.25, 0.3) is 0 Å². The van der Waals surface area contributed by atoms with Crippen molar-refractivity contribution in [3.05, 3.63) is 36.4 Å². The Kier molecular flexibility index (Phi) is 4.69. The van der Waals surface area contributed by atoms with Gasteiger partial charge in [0.2, 0.25) is 15.9 Å². The minimum Gasteiger partial charge on any atom is -0.325 e. The van der Waals surface area contributed by atoms with Gasteiger partial charge in [-0.2, -0.15) is 0 Å². The molecular weight excluding hydrogens is 350 g/mol. The molecule has 2 aliphatic rings. The van der Waals surface area contributed by atoms with Crippen LogP contribution in [0.15, 0.2) is 41.3 Å². The number of carbonyl (C=O) groups is 1. The zero-order valence-corrected chi connectivity index (χ0v) is 15.3. The van der Waals surface area contributed by atoms with Crippen LogP contribution in [0.2, 0.25) is 0 Å². The normalized spacial score (nSPS) is 18.8. The van der Waals surface area contributed by atoms with Crippen LogP contribution in [0.5, 0.6) is 0 Å². The van der Waals surface area contributed by atoms with E-state index in [2.05, 4.69) is 15.4 Å². The van der Waals surface area contributed by atoms with E-state index in [4.69, 9.17) is 0 Å². The molecule has 0 atom stereocenters. The number of amides is 1. The molecule has 7 heteroatoms. The van der Waals surface area contributed by atoms with E-state index in [1.807, 2.05) is 18.2 Å². The first-order valence-corrected chi connectivity index (χ1v) is 10.6. The molecule has 2 aromatic rings. The van der Waals surface area contributed by atoms with Gasteiger partial charge in [0.15, 0.2) is 0 Å². The van der Waals surface area contributed by atoms with Crippen LogP contribution in [0, 0.1) is 5.92 Å².